The van der Waals surface area contributed by atoms with Gasteiger partial charge in [-0.05, 0) is 55.2 Å². The van der Waals surface area contributed by atoms with Crippen LogP contribution in [0.25, 0.3) is 0 Å². The van der Waals surface area contributed by atoms with E-state index in [2.05, 4.69) is 5.32 Å². The summed E-state index contributed by atoms with van der Waals surface area (Å²) < 4.78 is 0. The van der Waals surface area contributed by atoms with Crippen molar-refractivity contribution in [2.24, 2.45) is 11.8 Å². The molecule has 1 saturated carbocycles. The highest BCUT2D eigenvalue weighted by molar-refractivity contribution is 6.42. The van der Waals surface area contributed by atoms with Crippen molar-refractivity contribution in [3.8, 4) is 0 Å². The number of carbonyl (C=O) groups excluding carboxylic acids is 2. The number of amides is 2. The summed E-state index contributed by atoms with van der Waals surface area (Å²) >= 11 is 12.3. The molecule has 1 unspecified atom stereocenters. The van der Waals surface area contributed by atoms with Gasteiger partial charge in [0.1, 0.15) is 0 Å². The zero-order valence-corrected chi connectivity index (χ0v) is 17.4. The van der Waals surface area contributed by atoms with Gasteiger partial charge in [0.2, 0.25) is 11.8 Å². The summed E-state index contributed by atoms with van der Waals surface area (Å²) in [4.78, 5) is 26.1. The van der Waals surface area contributed by atoms with Gasteiger partial charge in [-0.2, -0.15) is 0 Å². The number of hydrogen-bond acceptors (Lipinski definition) is 2. The Morgan fingerprint density at radius 2 is 1.78 bits per heavy atom. The van der Waals surface area contributed by atoms with E-state index in [9.17, 15) is 9.59 Å². The Hall–Kier alpha value is -1.26. The molecule has 1 aromatic rings. The van der Waals surface area contributed by atoms with Crippen LogP contribution in [-0.4, -0.2) is 29.8 Å². The molecule has 1 aromatic carbocycles. The van der Waals surface area contributed by atoms with Crippen LogP contribution in [0.4, 0.5) is 0 Å². The topological polar surface area (TPSA) is 49.4 Å². The van der Waals surface area contributed by atoms with Crippen molar-refractivity contribution in [2.45, 2.75) is 57.9 Å². The van der Waals surface area contributed by atoms with Crippen LogP contribution in [0.5, 0.6) is 0 Å². The van der Waals surface area contributed by atoms with Crippen LogP contribution in [0.1, 0.15) is 63.5 Å². The average molecular weight is 411 g/mol. The quantitative estimate of drug-likeness (QED) is 0.742. The number of rotatable bonds is 5. The summed E-state index contributed by atoms with van der Waals surface area (Å²) in [5.74, 6) is 1.02. The van der Waals surface area contributed by atoms with Gasteiger partial charge in [-0.15, -0.1) is 0 Å². The molecule has 27 heavy (non-hydrogen) atoms. The minimum Gasteiger partial charge on any atom is -0.349 e. The van der Waals surface area contributed by atoms with Crippen LogP contribution in [0.15, 0.2) is 18.2 Å². The highest BCUT2D eigenvalue weighted by Gasteiger charge is 2.29. The fourth-order valence-corrected chi connectivity index (χ4v) is 4.72. The first-order valence-corrected chi connectivity index (χ1v) is 10.7. The number of nitrogens with zero attached hydrogens (tertiary/aromatic N) is 1. The predicted octanol–water partition coefficient (Wildman–Crippen LogP) is 4.99. The van der Waals surface area contributed by atoms with Crippen molar-refractivity contribution in [3.05, 3.63) is 33.8 Å². The lowest BCUT2D eigenvalue weighted by atomic mass is 9.90. The molecule has 2 aliphatic rings. The van der Waals surface area contributed by atoms with Gasteiger partial charge in [0.15, 0.2) is 0 Å². The molecule has 2 amide bonds. The Morgan fingerprint density at radius 1 is 1.11 bits per heavy atom. The van der Waals surface area contributed by atoms with E-state index in [1.54, 1.807) is 6.92 Å². The maximum absolute atomic E-state index is 12.8. The maximum atomic E-state index is 12.8. The van der Waals surface area contributed by atoms with Crippen molar-refractivity contribution in [2.75, 3.05) is 13.1 Å². The van der Waals surface area contributed by atoms with Crippen molar-refractivity contribution in [1.82, 2.24) is 10.2 Å². The molecule has 1 saturated heterocycles. The SMILES string of the molecule is CC(=O)N1CCC(CC(=O)NC(c2ccc(Cl)c(Cl)c2)C2CCCC2)CC1. The van der Waals surface area contributed by atoms with Gasteiger partial charge in [-0.1, -0.05) is 42.1 Å². The van der Waals surface area contributed by atoms with Crippen LogP contribution in [0.3, 0.4) is 0 Å². The van der Waals surface area contributed by atoms with E-state index in [1.807, 2.05) is 23.1 Å². The Bertz CT molecular complexity index is 681. The second-order valence-electron chi connectivity index (χ2n) is 7.92. The maximum Gasteiger partial charge on any atom is 0.220 e. The monoisotopic (exact) mass is 410 g/mol. The second kappa shape index (κ2) is 9.29. The minimum absolute atomic E-state index is 0.00734. The molecule has 2 fully saturated rings. The van der Waals surface area contributed by atoms with Crippen molar-refractivity contribution in [1.29, 1.82) is 0 Å². The van der Waals surface area contributed by atoms with Gasteiger partial charge in [0.05, 0.1) is 16.1 Å². The number of hydrogen-bond donors (Lipinski definition) is 1. The Labute approximate surface area is 171 Å². The number of halogens is 2. The summed E-state index contributed by atoms with van der Waals surface area (Å²) in [6, 6.07) is 5.67. The molecular weight excluding hydrogens is 383 g/mol. The largest absolute Gasteiger partial charge is 0.349 e. The number of carbonyl (C=O) groups is 2. The first-order chi connectivity index (χ1) is 12.9. The molecule has 1 aliphatic carbocycles. The molecule has 1 heterocycles. The van der Waals surface area contributed by atoms with Crippen LogP contribution < -0.4 is 5.32 Å². The lowest BCUT2D eigenvalue weighted by Crippen LogP contribution is -2.39. The zero-order valence-electron chi connectivity index (χ0n) is 15.8. The van der Waals surface area contributed by atoms with E-state index in [0.29, 0.717) is 28.3 Å². The minimum atomic E-state index is -0.00734. The number of piperidine rings is 1. The molecule has 6 heteroatoms. The van der Waals surface area contributed by atoms with E-state index >= 15 is 0 Å². The van der Waals surface area contributed by atoms with Crippen LogP contribution >= 0.6 is 23.2 Å². The summed E-state index contributed by atoms with van der Waals surface area (Å²) in [6.45, 7) is 3.12. The van der Waals surface area contributed by atoms with E-state index in [-0.39, 0.29) is 17.9 Å². The third-order valence-electron chi connectivity index (χ3n) is 6.02. The van der Waals surface area contributed by atoms with Gasteiger partial charge in [-0.25, -0.2) is 0 Å². The third-order valence-corrected chi connectivity index (χ3v) is 6.76. The fourth-order valence-electron chi connectivity index (χ4n) is 4.42. The van der Waals surface area contributed by atoms with Crippen molar-refractivity contribution in [3.63, 3.8) is 0 Å². The van der Waals surface area contributed by atoms with Crippen molar-refractivity contribution < 1.29 is 9.59 Å². The highest BCUT2D eigenvalue weighted by Crippen LogP contribution is 2.37. The Morgan fingerprint density at radius 3 is 2.37 bits per heavy atom. The molecule has 0 aromatic heterocycles. The second-order valence-corrected chi connectivity index (χ2v) is 8.73. The molecule has 1 atom stereocenters. The van der Waals surface area contributed by atoms with E-state index < -0.39 is 0 Å². The molecule has 0 radical (unpaired) electrons. The molecular formula is C21H28Cl2N2O2. The molecule has 0 spiro atoms. The molecule has 148 valence electrons. The van der Waals surface area contributed by atoms with E-state index in [1.165, 1.54) is 12.8 Å². The highest BCUT2D eigenvalue weighted by atomic mass is 35.5. The molecule has 3 rings (SSSR count). The van der Waals surface area contributed by atoms with E-state index in [0.717, 1.165) is 44.3 Å². The summed E-state index contributed by atoms with van der Waals surface area (Å²) in [5.41, 5.74) is 1.04. The number of nitrogens with one attached hydrogen (secondary N) is 1. The summed E-state index contributed by atoms with van der Waals surface area (Å²) in [7, 11) is 0. The van der Waals surface area contributed by atoms with E-state index in [4.69, 9.17) is 23.2 Å². The van der Waals surface area contributed by atoms with Gasteiger partial charge in [0.25, 0.3) is 0 Å². The van der Waals surface area contributed by atoms with Crippen LogP contribution in [0.2, 0.25) is 10.0 Å². The number of likely N-dealkylation sites (tertiary alicyclic amines) is 1. The lowest BCUT2D eigenvalue weighted by molar-refractivity contribution is -0.130. The Balaban J connectivity index is 1.62. The van der Waals surface area contributed by atoms with Crippen LogP contribution in [-0.2, 0) is 9.59 Å². The third kappa shape index (κ3) is 5.39. The first-order valence-electron chi connectivity index (χ1n) is 9.94. The van der Waals surface area contributed by atoms with Gasteiger partial charge in [0, 0.05) is 26.4 Å². The van der Waals surface area contributed by atoms with Gasteiger partial charge >= 0.3 is 0 Å². The Kier molecular flexibility index (Phi) is 7.04. The summed E-state index contributed by atoms with van der Waals surface area (Å²) in [5, 5.41) is 4.35. The fraction of sp³-hybridized carbons (Fsp3) is 0.619. The standard InChI is InChI=1S/C21H28Cl2N2O2/c1-14(26)25-10-8-15(9-11-25)12-20(27)24-21(16-4-2-3-5-16)17-6-7-18(22)19(23)13-17/h6-7,13,15-16,21H,2-5,8-12H2,1H3,(H,24,27). The normalized spacial score (nSPS) is 19.9. The van der Waals surface area contributed by atoms with Crippen LogP contribution in [0, 0.1) is 11.8 Å². The molecule has 0 bridgehead atoms. The first kappa shape index (κ1) is 20.5. The van der Waals surface area contributed by atoms with Crippen molar-refractivity contribution >= 4 is 35.0 Å². The average Bonchev–Trinajstić information content (AvgIpc) is 3.17. The van der Waals surface area contributed by atoms with Gasteiger partial charge in [-0.3, -0.25) is 9.59 Å². The number of benzene rings is 1. The predicted molar refractivity (Wildman–Crippen MR) is 109 cm³/mol. The molecule has 4 nitrogen and oxygen atoms in total. The summed E-state index contributed by atoms with van der Waals surface area (Å²) in [6.07, 6.45) is 6.99. The molecule has 1 aliphatic heterocycles. The van der Waals surface area contributed by atoms with Gasteiger partial charge < -0.3 is 10.2 Å². The zero-order chi connectivity index (χ0) is 19.4. The smallest absolute Gasteiger partial charge is 0.220 e. The lowest BCUT2D eigenvalue weighted by Gasteiger charge is -2.32. The molecule has 1 N–H and O–H groups in total.